The van der Waals surface area contributed by atoms with Gasteiger partial charge in [-0.25, -0.2) is 0 Å². The number of hydrogen-bond acceptors (Lipinski definition) is 1. The summed E-state index contributed by atoms with van der Waals surface area (Å²) in [6.45, 7) is 8.90. The van der Waals surface area contributed by atoms with Gasteiger partial charge in [-0.3, -0.25) is 0 Å². The highest BCUT2D eigenvalue weighted by atomic mass is 127. The van der Waals surface area contributed by atoms with Crippen molar-refractivity contribution < 1.29 is 0 Å². The molecule has 18 heavy (non-hydrogen) atoms. The number of rotatable bonds is 3. The number of halogens is 1. The van der Waals surface area contributed by atoms with Crippen LogP contribution in [0.1, 0.15) is 39.6 Å². The van der Waals surface area contributed by atoms with Crippen molar-refractivity contribution in [3.05, 3.63) is 53.8 Å². The van der Waals surface area contributed by atoms with Gasteiger partial charge in [0.25, 0.3) is 0 Å². The second-order valence-electron chi connectivity index (χ2n) is 4.84. The second-order valence-corrected chi connectivity index (χ2v) is 7.09. The highest BCUT2D eigenvalue weighted by Gasteiger charge is 2.09. The van der Waals surface area contributed by atoms with Gasteiger partial charge in [-0.15, -0.1) is 11.3 Å². The van der Waals surface area contributed by atoms with Crippen molar-refractivity contribution >= 4 is 33.9 Å². The van der Waals surface area contributed by atoms with Crippen molar-refractivity contribution in [2.45, 2.75) is 40.5 Å². The van der Waals surface area contributed by atoms with Crippen molar-refractivity contribution in [1.29, 1.82) is 0 Å². The zero-order valence-electron chi connectivity index (χ0n) is 11.4. The van der Waals surface area contributed by atoms with Crippen LogP contribution in [0.5, 0.6) is 0 Å². The van der Waals surface area contributed by atoms with E-state index < -0.39 is 0 Å². The summed E-state index contributed by atoms with van der Waals surface area (Å²) in [7, 11) is 0. The van der Waals surface area contributed by atoms with Crippen LogP contribution in [0, 0.1) is 24.3 Å². The Labute approximate surface area is 128 Å². The van der Waals surface area contributed by atoms with E-state index in [-0.39, 0.29) is 0 Å². The topological polar surface area (TPSA) is 0 Å². The molecule has 1 aromatic carbocycles. The fourth-order valence-electron chi connectivity index (χ4n) is 2.22. The van der Waals surface area contributed by atoms with Crippen molar-refractivity contribution in [3.63, 3.8) is 0 Å². The van der Waals surface area contributed by atoms with Gasteiger partial charge in [-0.2, -0.15) is 0 Å². The molecule has 2 rings (SSSR count). The Bertz CT molecular complexity index is 567. The number of aryl methyl sites for hydroxylation is 3. The summed E-state index contributed by atoms with van der Waals surface area (Å²) in [6.07, 6.45) is 2.20. The van der Waals surface area contributed by atoms with Crippen LogP contribution >= 0.6 is 33.9 Å². The SMILES string of the molecule is CCc1cc(I)c(C)cc1Cc1csc(C)c1C. The molecule has 2 heteroatoms. The predicted octanol–water partition coefficient (Wildman–Crippen LogP) is 5.43. The van der Waals surface area contributed by atoms with E-state index in [1.165, 1.54) is 36.3 Å². The van der Waals surface area contributed by atoms with Crippen molar-refractivity contribution in [2.75, 3.05) is 0 Å². The standard InChI is InChI=1S/C16H19IS/c1-5-13-8-16(17)10(2)6-14(13)7-15-9-18-12(4)11(15)3/h6,8-9H,5,7H2,1-4H3. The largest absolute Gasteiger partial charge is 0.149 e. The first kappa shape index (κ1) is 14.1. The fourth-order valence-corrected chi connectivity index (χ4v) is 3.64. The van der Waals surface area contributed by atoms with Crippen molar-refractivity contribution in [1.82, 2.24) is 0 Å². The van der Waals surface area contributed by atoms with Crippen molar-refractivity contribution in [2.24, 2.45) is 0 Å². The zero-order chi connectivity index (χ0) is 13.3. The van der Waals surface area contributed by atoms with Gasteiger partial charge in [0.2, 0.25) is 0 Å². The van der Waals surface area contributed by atoms with Crippen LogP contribution < -0.4 is 0 Å². The van der Waals surface area contributed by atoms with E-state index in [2.05, 4.69) is 67.8 Å². The quantitative estimate of drug-likeness (QED) is 0.632. The Kier molecular flexibility index (Phi) is 4.49. The van der Waals surface area contributed by atoms with E-state index in [1.807, 2.05) is 11.3 Å². The molecule has 0 radical (unpaired) electrons. The van der Waals surface area contributed by atoms with Crippen molar-refractivity contribution in [3.8, 4) is 0 Å². The second kappa shape index (κ2) is 5.74. The molecule has 0 fully saturated rings. The van der Waals surface area contributed by atoms with Crippen LogP contribution in [0.4, 0.5) is 0 Å². The average Bonchev–Trinajstić information content (AvgIpc) is 2.65. The summed E-state index contributed by atoms with van der Waals surface area (Å²) in [6, 6.07) is 4.72. The third kappa shape index (κ3) is 2.80. The number of thiophene rings is 1. The molecular weight excluding hydrogens is 351 g/mol. The van der Waals surface area contributed by atoms with Crippen LogP contribution in [0.2, 0.25) is 0 Å². The third-order valence-corrected chi connectivity index (χ3v) is 5.85. The molecule has 0 unspecified atom stereocenters. The first-order valence-electron chi connectivity index (χ1n) is 6.34. The molecule has 1 heterocycles. The minimum Gasteiger partial charge on any atom is -0.149 e. The summed E-state index contributed by atoms with van der Waals surface area (Å²) in [5, 5.41) is 2.32. The third-order valence-electron chi connectivity index (χ3n) is 3.63. The number of hydrogen-bond donors (Lipinski definition) is 0. The van der Waals surface area contributed by atoms with Gasteiger partial charge < -0.3 is 0 Å². The van der Waals surface area contributed by atoms with Gasteiger partial charge in [0.1, 0.15) is 0 Å². The van der Waals surface area contributed by atoms with E-state index in [0.29, 0.717) is 0 Å². The molecule has 0 spiro atoms. The van der Waals surface area contributed by atoms with Crippen LogP contribution in [0.15, 0.2) is 17.5 Å². The van der Waals surface area contributed by atoms with Gasteiger partial charge >= 0.3 is 0 Å². The average molecular weight is 370 g/mol. The highest BCUT2D eigenvalue weighted by Crippen LogP contribution is 2.26. The molecule has 0 N–H and O–H groups in total. The van der Waals surface area contributed by atoms with Gasteiger partial charge in [0, 0.05) is 8.45 Å². The summed E-state index contributed by atoms with van der Waals surface area (Å²) in [5.74, 6) is 0. The van der Waals surface area contributed by atoms with Crippen LogP contribution in [-0.4, -0.2) is 0 Å². The number of benzene rings is 1. The molecule has 0 atom stereocenters. The van der Waals surface area contributed by atoms with E-state index in [4.69, 9.17) is 0 Å². The van der Waals surface area contributed by atoms with Gasteiger partial charge in [0.15, 0.2) is 0 Å². The lowest BCUT2D eigenvalue weighted by molar-refractivity contribution is 1.05. The summed E-state index contributed by atoms with van der Waals surface area (Å²) in [5.41, 5.74) is 7.35. The Morgan fingerprint density at radius 2 is 1.78 bits per heavy atom. The fraction of sp³-hybridized carbons (Fsp3) is 0.375. The monoisotopic (exact) mass is 370 g/mol. The normalized spacial score (nSPS) is 10.9. The van der Waals surface area contributed by atoms with Crippen LogP contribution in [0.3, 0.4) is 0 Å². The first-order valence-corrected chi connectivity index (χ1v) is 8.30. The van der Waals surface area contributed by atoms with E-state index in [0.717, 1.165) is 12.8 Å². The van der Waals surface area contributed by atoms with E-state index in [1.54, 1.807) is 0 Å². The molecule has 0 saturated heterocycles. The predicted molar refractivity (Wildman–Crippen MR) is 89.9 cm³/mol. The minimum absolute atomic E-state index is 1.08. The Morgan fingerprint density at radius 1 is 1.06 bits per heavy atom. The van der Waals surface area contributed by atoms with Crippen LogP contribution in [-0.2, 0) is 12.8 Å². The zero-order valence-corrected chi connectivity index (χ0v) is 14.4. The Morgan fingerprint density at radius 3 is 2.33 bits per heavy atom. The first-order chi connectivity index (χ1) is 8.52. The molecule has 0 bridgehead atoms. The molecule has 0 saturated carbocycles. The van der Waals surface area contributed by atoms with Gasteiger partial charge in [-0.05, 0) is 95.5 Å². The van der Waals surface area contributed by atoms with E-state index in [9.17, 15) is 0 Å². The molecule has 0 aliphatic rings. The molecular formula is C16H19IS. The van der Waals surface area contributed by atoms with Crippen LogP contribution in [0.25, 0.3) is 0 Å². The summed E-state index contributed by atoms with van der Waals surface area (Å²) < 4.78 is 1.38. The molecule has 1 aromatic heterocycles. The molecule has 96 valence electrons. The highest BCUT2D eigenvalue weighted by molar-refractivity contribution is 14.1. The summed E-state index contributed by atoms with van der Waals surface area (Å²) in [4.78, 5) is 1.45. The lowest BCUT2D eigenvalue weighted by Gasteiger charge is -2.11. The maximum atomic E-state index is 2.43. The minimum atomic E-state index is 1.08. The Balaban J connectivity index is 2.39. The molecule has 0 amide bonds. The molecule has 0 aliphatic carbocycles. The molecule has 0 aliphatic heterocycles. The van der Waals surface area contributed by atoms with E-state index >= 15 is 0 Å². The van der Waals surface area contributed by atoms with Gasteiger partial charge in [0.05, 0.1) is 0 Å². The lowest BCUT2D eigenvalue weighted by atomic mass is 9.96. The molecule has 0 nitrogen and oxygen atoms in total. The smallest absolute Gasteiger partial charge is 0.0162 e. The maximum Gasteiger partial charge on any atom is 0.0162 e. The summed E-state index contributed by atoms with van der Waals surface area (Å²) >= 11 is 4.30. The van der Waals surface area contributed by atoms with Gasteiger partial charge in [-0.1, -0.05) is 13.0 Å². The lowest BCUT2D eigenvalue weighted by Crippen LogP contribution is -1.98. The molecule has 2 aromatic rings. The maximum absolute atomic E-state index is 2.43. The Hall–Kier alpha value is -0.350.